The van der Waals surface area contributed by atoms with E-state index in [-0.39, 0.29) is 12.1 Å². The highest BCUT2D eigenvalue weighted by Crippen LogP contribution is 2.31. The van der Waals surface area contributed by atoms with Gasteiger partial charge in [0.1, 0.15) is 18.0 Å². The predicted molar refractivity (Wildman–Crippen MR) is 121 cm³/mol. The molecule has 0 atom stereocenters. The Morgan fingerprint density at radius 3 is 2.47 bits per heavy atom. The van der Waals surface area contributed by atoms with Gasteiger partial charge in [0, 0.05) is 29.3 Å². The van der Waals surface area contributed by atoms with Gasteiger partial charge in [-0.15, -0.1) is 0 Å². The Morgan fingerprint density at radius 1 is 1.10 bits per heavy atom. The van der Waals surface area contributed by atoms with E-state index < -0.39 is 5.60 Å². The van der Waals surface area contributed by atoms with Crippen LogP contribution in [-0.4, -0.2) is 35.8 Å². The molecule has 0 aliphatic carbocycles. The molecule has 2 aromatic rings. The molecule has 2 aromatic carbocycles. The van der Waals surface area contributed by atoms with Gasteiger partial charge in [0.2, 0.25) is 0 Å². The topological polar surface area (TPSA) is 48.0 Å². The van der Waals surface area contributed by atoms with Gasteiger partial charge in [-0.3, -0.25) is 0 Å². The number of halogens is 1. The third-order valence-corrected chi connectivity index (χ3v) is 5.64. The summed E-state index contributed by atoms with van der Waals surface area (Å²) in [7, 11) is 0. The largest absolute Gasteiger partial charge is 0.489 e. The summed E-state index contributed by atoms with van der Waals surface area (Å²) in [5, 5.41) is 0. The van der Waals surface area contributed by atoms with Crippen LogP contribution in [0.25, 0.3) is 0 Å². The molecule has 0 spiro atoms. The molecule has 0 unspecified atom stereocenters. The second-order valence-corrected chi connectivity index (χ2v) is 9.30. The summed E-state index contributed by atoms with van der Waals surface area (Å²) in [5.41, 5.74) is 1.48. The van der Waals surface area contributed by atoms with Crippen LogP contribution in [0.1, 0.15) is 44.7 Å². The SMILES string of the molecule is CC(C)(C)OC(=O)N(Cc1c(Br)cccc1OCc1ccccc1)C1CCOCC1. The van der Waals surface area contributed by atoms with E-state index in [0.29, 0.717) is 26.4 Å². The Hall–Kier alpha value is -2.05. The average Bonchev–Trinajstić information content (AvgIpc) is 2.71. The number of carbonyl (C=O) groups is 1. The number of carbonyl (C=O) groups excluding carboxylic acids is 1. The average molecular weight is 476 g/mol. The van der Waals surface area contributed by atoms with Crippen molar-refractivity contribution in [2.45, 2.75) is 58.4 Å². The Balaban J connectivity index is 1.82. The van der Waals surface area contributed by atoms with E-state index in [1.165, 1.54) is 0 Å². The molecule has 3 rings (SSSR count). The molecule has 0 N–H and O–H groups in total. The molecule has 1 aliphatic rings. The maximum Gasteiger partial charge on any atom is 0.410 e. The second-order valence-electron chi connectivity index (χ2n) is 8.44. The quantitative estimate of drug-likeness (QED) is 0.518. The van der Waals surface area contributed by atoms with E-state index in [9.17, 15) is 4.79 Å². The van der Waals surface area contributed by atoms with E-state index >= 15 is 0 Å². The monoisotopic (exact) mass is 475 g/mol. The highest BCUT2D eigenvalue weighted by atomic mass is 79.9. The lowest BCUT2D eigenvalue weighted by Crippen LogP contribution is -2.45. The number of nitrogens with zero attached hydrogens (tertiary/aromatic N) is 1. The molecule has 1 heterocycles. The number of hydrogen-bond donors (Lipinski definition) is 0. The maximum atomic E-state index is 13.1. The Bertz CT molecular complexity index is 829. The molecule has 1 saturated heterocycles. The molecule has 1 amide bonds. The van der Waals surface area contributed by atoms with Crippen molar-refractivity contribution < 1.29 is 19.0 Å². The van der Waals surface area contributed by atoms with E-state index in [0.717, 1.165) is 34.2 Å². The van der Waals surface area contributed by atoms with Gasteiger partial charge < -0.3 is 19.1 Å². The number of amides is 1. The zero-order valence-corrected chi connectivity index (χ0v) is 19.5. The summed E-state index contributed by atoms with van der Waals surface area (Å²) < 4.78 is 18.3. The first-order chi connectivity index (χ1) is 14.3. The fraction of sp³-hybridized carbons (Fsp3) is 0.458. The van der Waals surface area contributed by atoms with Gasteiger partial charge in [-0.2, -0.15) is 0 Å². The molecule has 5 nitrogen and oxygen atoms in total. The molecule has 1 fully saturated rings. The van der Waals surface area contributed by atoms with Crippen molar-refractivity contribution in [1.82, 2.24) is 4.90 Å². The van der Waals surface area contributed by atoms with Crippen LogP contribution >= 0.6 is 15.9 Å². The van der Waals surface area contributed by atoms with Crippen LogP contribution in [0.15, 0.2) is 53.0 Å². The van der Waals surface area contributed by atoms with Crippen molar-refractivity contribution in [1.29, 1.82) is 0 Å². The minimum Gasteiger partial charge on any atom is -0.489 e. The van der Waals surface area contributed by atoms with E-state index in [1.807, 2.05) is 74.2 Å². The minimum atomic E-state index is -0.555. The molecule has 1 aliphatic heterocycles. The number of benzene rings is 2. The van der Waals surface area contributed by atoms with E-state index in [2.05, 4.69) is 15.9 Å². The van der Waals surface area contributed by atoms with Crippen molar-refractivity contribution in [3.63, 3.8) is 0 Å². The normalized spacial score (nSPS) is 14.9. The smallest absolute Gasteiger partial charge is 0.410 e. The van der Waals surface area contributed by atoms with E-state index in [1.54, 1.807) is 0 Å². The molecule has 162 valence electrons. The molecule has 0 radical (unpaired) electrons. The maximum absolute atomic E-state index is 13.1. The zero-order chi connectivity index (χ0) is 21.6. The summed E-state index contributed by atoms with van der Waals surface area (Å²) in [4.78, 5) is 14.9. The van der Waals surface area contributed by atoms with Gasteiger partial charge in [-0.05, 0) is 51.3 Å². The molecular weight excluding hydrogens is 446 g/mol. The van der Waals surface area contributed by atoms with Gasteiger partial charge in [0.15, 0.2) is 0 Å². The Labute approximate surface area is 187 Å². The first-order valence-corrected chi connectivity index (χ1v) is 11.1. The number of rotatable bonds is 6. The van der Waals surface area contributed by atoms with Crippen molar-refractivity contribution in [3.8, 4) is 5.75 Å². The summed E-state index contributed by atoms with van der Waals surface area (Å²) >= 11 is 3.65. The lowest BCUT2D eigenvalue weighted by atomic mass is 10.1. The lowest BCUT2D eigenvalue weighted by molar-refractivity contribution is -0.00831. The van der Waals surface area contributed by atoms with Crippen molar-refractivity contribution in [3.05, 3.63) is 64.1 Å². The third kappa shape index (κ3) is 6.47. The van der Waals surface area contributed by atoms with Crippen LogP contribution in [-0.2, 0) is 22.6 Å². The van der Waals surface area contributed by atoms with Crippen molar-refractivity contribution in [2.75, 3.05) is 13.2 Å². The van der Waals surface area contributed by atoms with Crippen LogP contribution in [0.2, 0.25) is 0 Å². The summed E-state index contributed by atoms with van der Waals surface area (Å²) in [6, 6.07) is 16.0. The Kier molecular flexibility index (Phi) is 7.78. The minimum absolute atomic E-state index is 0.0719. The number of ether oxygens (including phenoxy) is 3. The predicted octanol–water partition coefficient (Wildman–Crippen LogP) is 5.94. The van der Waals surface area contributed by atoms with E-state index in [4.69, 9.17) is 14.2 Å². The van der Waals surface area contributed by atoms with Crippen LogP contribution in [0, 0.1) is 0 Å². The standard InChI is InChI=1S/C24H30BrNO4/c1-24(2,3)30-23(27)26(19-12-14-28-15-13-19)16-20-21(25)10-7-11-22(20)29-17-18-8-5-4-6-9-18/h4-11,19H,12-17H2,1-3H3. The molecule has 6 heteroatoms. The van der Waals surface area contributed by atoms with Gasteiger partial charge in [-0.1, -0.05) is 52.3 Å². The lowest BCUT2D eigenvalue weighted by Gasteiger charge is -2.36. The van der Waals surface area contributed by atoms with Crippen LogP contribution in [0.5, 0.6) is 5.75 Å². The Morgan fingerprint density at radius 2 is 1.80 bits per heavy atom. The van der Waals surface area contributed by atoms with Crippen molar-refractivity contribution in [2.24, 2.45) is 0 Å². The summed E-state index contributed by atoms with van der Waals surface area (Å²) in [6.45, 7) is 7.84. The van der Waals surface area contributed by atoms with Gasteiger partial charge >= 0.3 is 6.09 Å². The highest BCUT2D eigenvalue weighted by Gasteiger charge is 2.31. The first kappa shape index (κ1) is 22.6. The number of hydrogen-bond acceptors (Lipinski definition) is 4. The summed E-state index contributed by atoms with van der Waals surface area (Å²) in [5.74, 6) is 0.758. The fourth-order valence-electron chi connectivity index (χ4n) is 3.39. The third-order valence-electron chi connectivity index (χ3n) is 4.90. The summed E-state index contributed by atoms with van der Waals surface area (Å²) in [6.07, 6.45) is 1.28. The molecule has 30 heavy (non-hydrogen) atoms. The fourth-order valence-corrected chi connectivity index (χ4v) is 3.87. The van der Waals surface area contributed by atoms with Crippen LogP contribution in [0.3, 0.4) is 0 Å². The van der Waals surface area contributed by atoms with Crippen molar-refractivity contribution >= 4 is 22.0 Å². The van der Waals surface area contributed by atoms with Gasteiger partial charge in [-0.25, -0.2) is 4.79 Å². The zero-order valence-electron chi connectivity index (χ0n) is 17.9. The van der Waals surface area contributed by atoms with Crippen LogP contribution < -0.4 is 4.74 Å². The van der Waals surface area contributed by atoms with Gasteiger partial charge in [0.05, 0.1) is 6.54 Å². The van der Waals surface area contributed by atoms with Crippen LogP contribution in [0.4, 0.5) is 4.79 Å². The molecular formula is C24H30BrNO4. The molecule has 0 bridgehead atoms. The van der Waals surface area contributed by atoms with Gasteiger partial charge in [0.25, 0.3) is 0 Å². The first-order valence-electron chi connectivity index (χ1n) is 10.3. The second kappa shape index (κ2) is 10.3. The molecule has 0 aromatic heterocycles. The highest BCUT2D eigenvalue weighted by molar-refractivity contribution is 9.10. The molecule has 0 saturated carbocycles.